The van der Waals surface area contributed by atoms with E-state index >= 15 is 0 Å². The number of hydrogen-bond donors (Lipinski definition) is 4. The second-order valence-corrected chi connectivity index (χ2v) is 3.58. The van der Waals surface area contributed by atoms with Crippen LogP contribution in [0.2, 0.25) is 0 Å². The second-order valence-electron chi connectivity index (χ2n) is 3.58. The first kappa shape index (κ1) is 10.7. The molecule has 5 N–H and O–H groups in total. The van der Waals surface area contributed by atoms with Crippen molar-refractivity contribution >= 4 is 11.8 Å². The van der Waals surface area contributed by atoms with E-state index in [-0.39, 0.29) is 6.61 Å². The van der Waals surface area contributed by atoms with E-state index < -0.39 is 5.54 Å². The Morgan fingerprint density at radius 1 is 1.57 bits per heavy atom. The molecule has 0 saturated carbocycles. The largest absolute Gasteiger partial charge is 0.394 e. The highest BCUT2D eigenvalue weighted by atomic mass is 16.3. The van der Waals surface area contributed by atoms with Crippen LogP contribution in [0, 0.1) is 0 Å². The zero-order valence-corrected chi connectivity index (χ0v) is 8.28. The first-order valence-electron chi connectivity index (χ1n) is 4.26. The molecule has 0 saturated heterocycles. The number of aromatic nitrogens is 2. The smallest absolute Gasteiger partial charge is 0.239 e. The van der Waals surface area contributed by atoms with Crippen LogP contribution in [0.15, 0.2) is 12.3 Å². The molecule has 1 aromatic rings. The Bertz CT molecular complexity index is 302. The van der Waals surface area contributed by atoms with Crippen molar-refractivity contribution in [1.29, 1.82) is 0 Å². The molecular weight excluding hydrogens is 182 g/mol. The molecule has 1 rings (SSSR count). The molecule has 0 atom stereocenters. The lowest BCUT2D eigenvalue weighted by atomic mass is 10.1. The number of nitrogens with one attached hydrogen (secondary N) is 2. The zero-order valence-electron chi connectivity index (χ0n) is 8.28. The molecule has 0 unspecified atom stereocenters. The molecule has 1 aromatic heterocycles. The van der Waals surface area contributed by atoms with Crippen LogP contribution >= 0.6 is 0 Å². The molecule has 0 fully saturated rings. The molecule has 1 heterocycles. The predicted molar refractivity (Wildman–Crippen MR) is 54.6 cm³/mol. The van der Waals surface area contributed by atoms with E-state index in [0.717, 1.165) is 0 Å². The Morgan fingerprint density at radius 3 is 2.86 bits per heavy atom. The Hall–Kier alpha value is -1.40. The molecule has 0 aliphatic rings. The number of rotatable bonds is 4. The van der Waals surface area contributed by atoms with E-state index in [1.54, 1.807) is 12.3 Å². The number of aliphatic hydroxyl groups is 1. The Balaban J connectivity index is 2.76. The van der Waals surface area contributed by atoms with Crippen LogP contribution < -0.4 is 16.6 Å². The van der Waals surface area contributed by atoms with Gasteiger partial charge in [-0.2, -0.15) is 4.98 Å². The summed E-state index contributed by atoms with van der Waals surface area (Å²) in [6.07, 6.45) is 1.58. The van der Waals surface area contributed by atoms with Crippen molar-refractivity contribution < 1.29 is 5.11 Å². The summed E-state index contributed by atoms with van der Waals surface area (Å²) < 4.78 is 0. The number of nitrogens with zero attached hydrogens (tertiary/aromatic N) is 2. The van der Waals surface area contributed by atoms with E-state index in [0.29, 0.717) is 11.8 Å². The molecule has 0 aliphatic carbocycles. The summed E-state index contributed by atoms with van der Waals surface area (Å²) in [4.78, 5) is 7.92. The van der Waals surface area contributed by atoms with Gasteiger partial charge in [-0.3, -0.25) is 5.43 Å². The van der Waals surface area contributed by atoms with Crippen LogP contribution in [-0.2, 0) is 0 Å². The van der Waals surface area contributed by atoms with Gasteiger partial charge in [0.1, 0.15) is 5.82 Å². The standard InChI is InChI=1S/C8H15N5O/c1-8(2,5-14)12-6-3-4-10-7(11-6)13-9/h3-4,14H,5,9H2,1-2H3,(H2,10,11,12,13). The molecule has 6 nitrogen and oxygen atoms in total. The summed E-state index contributed by atoms with van der Waals surface area (Å²) in [5.74, 6) is 6.12. The summed E-state index contributed by atoms with van der Waals surface area (Å²) in [5.41, 5.74) is 1.93. The predicted octanol–water partition coefficient (Wildman–Crippen LogP) is -0.0550. The summed E-state index contributed by atoms with van der Waals surface area (Å²) in [5, 5.41) is 12.1. The first-order chi connectivity index (χ1) is 6.57. The number of nitrogens with two attached hydrogens (primary N) is 1. The molecular formula is C8H15N5O. The van der Waals surface area contributed by atoms with Crippen molar-refractivity contribution in [2.45, 2.75) is 19.4 Å². The quantitative estimate of drug-likeness (QED) is 0.399. The van der Waals surface area contributed by atoms with Gasteiger partial charge >= 0.3 is 0 Å². The zero-order chi connectivity index (χ0) is 10.6. The van der Waals surface area contributed by atoms with Crippen molar-refractivity contribution in [1.82, 2.24) is 9.97 Å². The Kier molecular flexibility index (Phi) is 3.21. The van der Waals surface area contributed by atoms with Crippen molar-refractivity contribution in [2.24, 2.45) is 5.84 Å². The molecule has 6 heteroatoms. The molecule has 0 amide bonds. The molecule has 0 aliphatic heterocycles. The lowest BCUT2D eigenvalue weighted by Crippen LogP contribution is -2.35. The van der Waals surface area contributed by atoms with Crippen LogP contribution in [0.25, 0.3) is 0 Å². The van der Waals surface area contributed by atoms with Crippen LogP contribution in [0.3, 0.4) is 0 Å². The fraction of sp³-hybridized carbons (Fsp3) is 0.500. The lowest BCUT2D eigenvalue weighted by molar-refractivity contribution is 0.234. The lowest BCUT2D eigenvalue weighted by Gasteiger charge is -2.24. The highest BCUT2D eigenvalue weighted by Crippen LogP contribution is 2.12. The fourth-order valence-electron chi connectivity index (χ4n) is 0.884. The molecule has 14 heavy (non-hydrogen) atoms. The van der Waals surface area contributed by atoms with E-state index in [1.165, 1.54) is 0 Å². The average Bonchev–Trinajstić information content (AvgIpc) is 2.17. The maximum Gasteiger partial charge on any atom is 0.239 e. The molecule has 0 spiro atoms. The van der Waals surface area contributed by atoms with Crippen molar-refractivity contribution in [3.05, 3.63) is 12.3 Å². The maximum atomic E-state index is 9.04. The Labute approximate surface area is 82.5 Å². The van der Waals surface area contributed by atoms with Gasteiger partial charge in [-0.15, -0.1) is 0 Å². The third kappa shape index (κ3) is 2.82. The van der Waals surface area contributed by atoms with E-state index in [2.05, 4.69) is 20.7 Å². The fourth-order valence-corrected chi connectivity index (χ4v) is 0.884. The average molecular weight is 197 g/mol. The SMILES string of the molecule is CC(C)(CO)Nc1ccnc(NN)n1. The van der Waals surface area contributed by atoms with Gasteiger partial charge in [-0.05, 0) is 19.9 Å². The monoisotopic (exact) mass is 197 g/mol. The van der Waals surface area contributed by atoms with Gasteiger partial charge in [-0.1, -0.05) is 0 Å². The van der Waals surface area contributed by atoms with E-state index in [9.17, 15) is 0 Å². The van der Waals surface area contributed by atoms with E-state index in [4.69, 9.17) is 10.9 Å². The van der Waals surface area contributed by atoms with E-state index in [1.807, 2.05) is 13.8 Å². The summed E-state index contributed by atoms with van der Waals surface area (Å²) in [6, 6.07) is 1.71. The van der Waals surface area contributed by atoms with Crippen LogP contribution in [-0.4, -0.2) is 27.2 Å². The van der Waals surface area contributed by atoms with Crippen LogP contribution in [0.4, 0.5) is 11.8 Å². The van der Waals surface area contributed by atoms with Gasteiger partial charge in [0.05, 0.1) is 12.1 Å². The minimum Gasteiger partial charge on any atom is -0.394 e. The molecule has 0 bridgehead atoms. The van der Waals surface area contributed by atoms with Gasteiger partial charge in [-0.25, -0.2) is 10.8 Å². The van der Waals surface area contributed by atoms with Gasteiger partial charge < -0.3 is 10.4 Å². The van der Waals surface area contributed by atoms with Crippen molar-refractivity contribution in [2.75, 3.05) is 17.3 Å². The maximum absolute atomic E-state index is 9.04. The summed E-state index contributed by atoms with van der Waals surface area (Å²) in [6.45, 7) is 3.75. The highest BCUT2D eigenvalue weighted by molar-refractivity contribution is 5.40. The topological polar surface area (TPSA) is 96.1 Å². The number of hydrogen-bond acceptors (Lipinski definition) is 6. The number of hydrazine groups is 1. The van der Waals surface area contributed by atoms with Crippen molar-refractivity contribution in [3.63, 3.8) is 0 Å². The minimum atomic E-state index is -0.416. The van der Waals surface area contributed by atoms with Crippen LogP contribution in [0.1, 0.15) is 13.8 Å². The van der Waals surface area contributed by atoms with Gasteiger partial charge in [0.15, 0.2) is 0 Å². The Morgan fingerprint density at radius 2 is 2.29 bits per heavy atom. The minimum absolute atomic E-state index is 0.0163. The summed E-state index contributed by atoms with van der Waals surface area (Å²) in [7, 11) is 0. The highest BCUT2D eigenvalue weighted by Gasteiger charge is 2.16. The van der Waals surface area contributed by atoms with Crippen molar-refractivity contribution in [3.8, 4) is 0 Å². The van der Waals surface area contributed by atoms with Crippen LogP contribution in [0.5, 0.6) is 0 Å². The number of nitrogen functional groups attached to an aromatic ring is 1. The normalized spacial score (nSPS) is 11.1. The van der Waals surface area contributed by atoms with Gasteiger partial charge in [0.2, 0.25) is 5.95 Å². The molecule has 78 valence electrons. The second kappa shape index (κ2) is 4.21. The third-order valence-electron chi connectivity index (χ3n) is 1.65. The number of anilines is 2. The molecule has 0 aromatic carbocycles. The van der Waals surface area contributed by atoms with Gasteiger partial charge in [0, 0.05) is 6.20 Å². The molecule has 0 radical (unpaired) electrons. The third-order valence-corrected chi connectivity index (χ3v) is 1.65. The van der Waals surface area contributed by atoms with Gasteiger partial charge in [0.25, 0.3) is 0 Å². The summed E-state index contributed by atoms with van der Waals surface area (Å²) >= 11 is 0. The first-order valence-corrected chi connectivity index (χ1v) is 4.26. The number of aliphatic hydroxyl groups excluding tert-OH is 1.